The summed E-state index contributed by atoms with van der Waals surface area (Å²) in [6, 6.07) is 19.3. The van der Waals surface area contributed by atoms with Gasteiger partial charge >= 0.3 is 0 Å². The van der Waals surface area contributed by atoms with E-state index >= 15 is 0 Å². The summed E-state index contributed by atoms with van der Waals surface area (Å²) in [6.07, 6.45) is 17.4. The van der Waals surface area contributed by atoms with Gasteiger partial charge in [-0.1, -0.05) is 103 Å². The second kappa shape index (κ2) is 12.2. The molecule has 0 aliphatic rings. The molecule has 4 aromatic rings. The van der Waals surface area contributed by atoms with Crippen LogP contribution in [0.25, 0.3) is 5.69 Å². The maximum atomic E-state index is 4.94. The van der Waals surface area contributed by atoms with Crippen LogP contribution in [0, 0.1) is 0 Å². The SMILES string of the molecule is CC(C)(CCCC(C)(C)c1ncccc1-[n+]1cncc(C(C)(C)CCC(C)(C)c2cccnc2)c1)c1ccccc1. The van der Waals surface area contributed by atoms with Gasteiger partial charge in [0, 0.05) is 29.6 Å². The van der Waals surface area contributed by atoms with Crippen LogP contribution in [-0.4, -0.2) is 15.0 Å². The van der Waals surface area contributed by atoms with Crippen molar-refractivity contribution in [2.75, 3.05) is 0 Å². The molecule has 3 aromatic heterocycles. The fraction of sp³-hybridized carbons (Fsp3) is 0.459. The molecule has 0 aliphatic heterocycles. The van der Waals surface area contributed by atoms with Crippen LogP contribution in [0.3, 0.4) is 0 Å². The van der Waals surface area contributed by atoms with Crippen molar-refractivity contribution in [2.24, 2.45) is 0 Å². The van der Waals surface area contributed by atoms with Gasteiger partial charge in [0.05, 0.1) is 5.69 Å². The second-order valence-corrected chi connectivity index (χ2v) is 14.3. The van der Waals surface area contributed by atoms with E-state index in [1.807, 2.05) is 43.2 Å². The Morgan fingerprint density at radius 2 is 1.15 bits per heavy atom. The lowest BCUT2D eigenvalue weighted by molar-refractivity contribution is -0.600. The highest BCUT2D eigenvalue weighted by Crippen LogP contribution is 2.37. The Balaban J connectivity index is 1.51. The standard InChI is InChI=1S/C37H49N4/c1-34(2,29-15-10-9-11-16-29)19-14-20-37(7,8)33-32(18-13-24-40-33)41-27-31(26-39-28-41)36(5,6)22-21-35(3,4)30-17-12-23-38-25-30/h9-13,15-18,23-28H,14,19-22H2,1-8H3/q+1. The molecule has 0 atom stereocenters. The van der Waals surface area contributed by atoms with Crippen molar-refractivity contribution >= 4 is 0 Å². The lowest BCUT2D eigenvalue weighted by atomic mass is 9.73. The third kappa shape index (κ3) is 7.47. The van der Waals surface area contributed by atoms with E-state index < -0.39 is 0 Å². The van der Waals surface area contributed by atoms with Crippen molar-refractivity contribution in [3.8, 4) is 5.69 Å². The summed E-state index contributed by atoms with van der Waals surface area (Å²) in [5.41, 5.74) is 6.25. The lowest BCUT2D eigenvalue weighted by Crippen LogP contribution is -2.38. The van der Waals surface area contributed by atoms with E-state index in [1.165, 1.54) is 16.7 Å². The van der Waals surface area contributed by atoms with Crippen LogP contribution >= 0.6 is 0 Å². The molecule has 0 radical (unpaired) electrons. The molecule has 0 unspecified atom stereocenters. The van der Waals surface area contributed by atoms with Crippen LogP contribution in [0.2, 0.25) is 0 Å². The van der Waals surface area contributed by atoms with Gasteiger partial charge in [-0.25, -0.2) is 4.57 Å². The largest absolute Gasteiger partial charge is 0.291 e. The highest BCUT2D eigenvalue weighted by Gasteiger charge is 2.32. The van der Waals surface area contributed by atoms with Gasteiger partial charge in [-0.3, -0.25) is 9.97 Å². The summed E-state index contributed by atoms with van der Waals surface area (Å²) < 4.78 is 2.18. The number of pyridine rings is 2. The first kappa shape index (κ1) is 30.6. The fourth-order valence-electron chi connectivity index (χ4n) is 5.81. The van der Waals surface area contributed by atoms with E-state index in [1.54, 1.807) is 0 Å². The molecule has 4 nitrogen and oxygen atoms in total. The third-order valence-corrected chi connectivity index (χ3v) is 9.15. The first-order valence-electron chi connectivity index (χ1n) is 15.1. The average molecular weight is 550 g/mol. The first-order chi connectivity index (χ1) is 19.3. The molecule has 0 aliphatic carbocycles. The van der Waals surface area contributed by atoms with E-state index in [9.17, 15) is 0 Å². The molecule has 41 heavy (non-hydrogen) atoms. The molecule has 0 bridgehead atoms. The molecule has 0 fully saturated rings. The predicted molar refractivity (Wildman–Crippen MR) is 169 cm³/mol. The van der Waals surface area contributed by atoms with Crippen molar-refractivity contribution in [1.29, 1.82) is 0 Å². The molecule has 3 heterocycles. The van der Waals surface area contributed by atoms with Crippen molar-refractivity contribution in [2.45, 2.75) is 109 Å². The molecular weight excluding hydrogens is 500 g/mol. The Labute approximate surface area is 248 Å². The minimum Gasteiger partial charge on any atom is -0.264 e. The third-order valence-electron chi connectivity index (χ3n) is 9.15. The average Bonchev–Trinajstić information content (AvgIpc) is 2.97. The molecule has 4 heteroatoms. The van der Waals surface area contributed by atoms with Gasteiger partial charge < -0.3 is 0 Å². The molecule has 216 valence electrons. The molecule has 0 saturated carbocycles. The summed E-state index contributed by atoms with van der Waals surface area (Å²) in [5, 5.41) is 0. The van der Waals surface area contributed by atoms with Gasteiger partial charge in [0.15, 0.2) is 5.69 Å². The van der Waals surface area contributed by atoms with Crippen molar-refractivity contribution in [3.63, 3.8) is 0 Å². The quantitative estimate of drug-likeness (QED) is 0.166. The maximum absolute atomic E-state index is 4.94. The van der Waals surface area contributed by atoms with Crippen LogP contribution in [-0.2, 0) is 21.7 Å². The van der Waals surface area contributed by atoms with Gasteiger partial charge in [-0.2, -0.15) is 0 Å². The van der Waals surface area contributed by atoms with Crippen molar-refractivity contribution in [1.82, 2.24) is 15.0 Å². The maximum Gasteiger partial charge on any atom is 0.291 e. The number of aromatic nitrogens is 4. The van der Waals surface area contributed by atoms with Gasteiger partial charge in [0.25, 0.3) is 6.33 Å². The van der Waals surface area contributed by atoms with E-state index in [4.69, 9.17) is 9.97 Å². The van der Waals surface area contributed by atoms with E-state index in [0.29, 0.717) is 0 Å². The van der Waals surface area contributed by atoms with Crippen LogP contribution in [0.15, 0.2) is 91.9 Å². The highest BCUT2D eigenvalue weighted by atomic mass is 15.0. The smallest absolute Gasteiger partial charge is 0.264 e. The first-order valence-corrected chi connectivity index (χ1v) is 15.1. The number of benzene rings is 1. The normalized spacial score (nSPS) is 12.9. The molecule has 0 saturated heterocycles. The number of hydrogen-bond acceptors (Lipinski definition) is 3. The number of nitrogens with zero attached hydrogens (tertiary/aromatic N) is 4. The van der Waals surface area contributed by atoms with Crippen molar-refractivity contribution < 1.29 is 4.57 Å². The van der Waals surface area contributed by atoms with Crippen LogP contribution in [0.4, 0.5) is 0 Å². The monoisotopic (exact) mass is 549 g/mol. The summed E-state index contributed by atoms with van der Waals surface area (Å²) >= 11 is 0. The minimum absolute atomic E-state index is 0.0313. The summed E-state index contributed by atoms with van der Waals surface area (Å²) in [4.78, 5) is 14.0. The van der Waals surface area contributed by atoms with Gasteiger partial charge in [-0.15, -0.1) is 0 Å². The minimum atomic E-state index is -0.0738. The fourth-order valence-corrected chi connectivity index (χ4v) is 5.81. The molecule has 0 N–H and O–H groups in total. The summed E-state index contributed by atoms with van der Waals surface area (Å²) in [5.74, 6) is 0. The molecule has 1 aromatic carbocycles. The Morgan fingerprint density at radius 1 is 0.561 bits per heavy atom. The molecule has 4 rings (SSSR count). The predicted octanol–water partition coefficient (Wildman–Crippen LogP) is 8.61. The van der Waals surface area contributed by atoms with Gasteiger partial charge in [-0.05, 0) is 71.3 Å². The van der Waals surface area contributed by atoms with Gasteiger partial charge in [0.1, 0.15) is 12.4 Å². The lowest BCUT2D eigenvalue weighted by Gasteiger charge is -2.31. The Morgan fingerprint density at radius 3 is 1.83 bits per heavy atom. The van der Waals surface area contributed by atoms with E-state index in [-0.39, 0.29) is 21.7 Å². The Bertz CT molecular complexity index is 1410. The highest BCUT2D eigenvalue weighted by molar-refractivity contribution is 5.33. The van der Waals surface area contributed by atoms with Gasteiger partial charge in [0.2, 0.25) is 0 Å². The summed E-state index contributed by atoms with van der Waals surface area (Å²) in [7, 11) is 0. The Kier molecular flexibility index (Phi) is 9.11. The van der Waals surface area contributed by atoms with Crippen LogP contribution < -0.4 is 4.57 Å². The van der Waals surface area contributed by atoms with E-state index in [0.717, 1.165) is 43.5 Å². The molecule has 0 amide bonds. The van der Waals surface area contributed by atoms with E-state index in [2.05, 4.69) is 114 Å². The zero-order chi connectivity index (χ0) is 29.7. The summed E-state index contributed by atoms with van der Waals surface area (Å²) in [6.45, 7) is 18.7. The van der Waals surface area contributed by atoms with Crippen molar-refractivity contribution in [3.05, 3.63) is 114 Å². The molecule has 0 spiro atoms. The zero-order valence-electron chi connectivity index (χ0n) is 26.5. The second-order valence-electron chi connectivity index (χ2n) is 14.3. The number of rotatable bonds is 12. The van der Waals surface area contributed by atoms with Crippen LogP contribution in [0.1, 0.15) is 110 Å². The zero-order valence-corrected chi connectivity index (χ0v) is 26.5. The number of hydrogen-bond donors (Lipinski definition) is 0. The Hall–Kier alpha value is -3.40. The van der Waals surface area contributed by atoms with Crippen LogP contribution in [0.5, 0.6) is 0 Å². The topological polar surface area (TPSA) is 42.5 Å². The molecular formula is C37H49N4+.